The first kappa shape index (κ1) is 13.6. The quantitative estimate of drug-likeness (QED) is 0.801. The highest BCUT2D eigenvalue weighted by Crippen LogP contribution is 2.37. The lowest BCUT2D eigenvalue weighted by Gasteiger charge is -2.34. The number of amides is 1. The standard InChI is InChI=1S/C17H24N2O/c20-16(12-18-11-13-9-10-13)19-17(15-7-4-8-15)14-5-2-1-3-6-14/h1-3,5-6,13,15,17-18H,4,7-12H2,(H,19,20). The van der Waals surface area contributed by atoms with Crippen LogP contribution < -0.4 is 10.6 Å². The van der Waals surface area contributed by atoms with Gasteiger partial charge in [-0.15, -0.1) is 0 Å². The molecule has 0 bridgehead atoms. The zero-order valence-corrected chi connectivity index (χ0v) is 12.0. The molecule has 2 fully saturated rings. The number of hydrogen-bond donors (Lipinski definition) is 2. The van der Waals surface area contributed by atoms with Crippen LogP contribution in [0.5, 0.6) is 0 Å². The summed E-state index contributed by atoms with van der Waals surface area (Å²) in [7, 11) is 0. The molecule has 20 heavy (non-hydrogen) atoms. The van der Waals surface area contributed by atoms with Crippen molar-refractivity contribution in [3.8, 4) is 0 Å². The van der Waals surface area contributed by atoms with Gasteiger partial charge in [0.15, 0.2) is 0 Å². The maximum atomic E-state index is 12.1. The third-order valence-electron chi connectivity index (χ3n) is 4.51. The van der Waals surface area contributed by atoms with Crippen LogP contribution in [0.1, 0.15) is 43.7 Å². The van der Waals surface area contributed by atoms with Crippen molar-refractivity contribution in [2.75, 3.05) is 13.1 Å². The Balaban J connectivity index is 1.53. The van der Waals surface area contributed by atoms with Crippen LogP contribution in [-0.2, 0) is 4.79 Å². The van der Waals surface area contributed by atoms with Gasteiger partial charge in [0.2, 0.25) is 5.91 Å². The Hall–Kier alpha value is -1.35. The normalized spacial score (nSPS) is 20.2. The van der Waals surface area contributed by atoms with Gasteiger partial charge in [0.05, 0.1) is 12.6 Å². The molecule has 108 valence electrons. The summed E-state index contributed by atoms with van der Waals surface area (Å²) in [5.74, 6) is 1.57. The van der Waals surface area contributed by atoms with Gasteiger partial charge in [0, 0.05) is 0 Å². The number of carbonyl (C=O) groups is 1. The lowest BCUT2D eigenvalue weighted by molar-refractivity contribution is -0.121. The van der Waals surface area contributed by atoms with E-state index in [1.165, 1.54) is 37.7 Å². The highest BCUT2D eigenvalue weighted by Gasteiger charge is 2.29. The molecule has 1 aromatic rings. The predicted molar refractivity (Wildman–Crippen MR) is 80.3 cm³/mol. The van der Waals surface area contributed by atoms with E-state index < -0.39 is 0 Å². The summed E-state index contributed by atoms with van der Waals surface area (Å²) >= 11 is 0. The van der Waals surface area contributed by atoms with Crippen molar-refractivity contribution in [1.29, 1.82) is 0 Å². The molecule has 3 nitrogen and oxygen atoms in total. The van der Waals surface area contributed by atoms with Crippen molar-refractivity contribution in [2.45, 2.75) is 38.1 Å². The summed E-state index contributed by atoms with van der Waals surface area (Å²) in [6.07, 6.45) is 6.40. The minimum atomic E-state index is 0.131. The van der Waals surface area contributed by atoms with Gasteiger partial charge in [-0.3, -0.25) is 4.79 Å². The average molecular weight is 272 g/mol. The first-order valence-electron chi connectivity index (χ1n) is 7.88. The summed E-state index contributed by atoms with van der Waals surface area (Å²) in [5.41, 5.74) is 1.24. The van der Waals surface area contributed by atoms with Gasteiger partial charge in [-0.1, -0.05) is 36.8 Å². The van der Waals surface area contributed by atoms with Gasteiger partial charge < -0.3 is 10.6 Å². The molecule has 0 radical (unpaired) electrons. The zero-order chi connectivity index (χ0) is 13.8. The van der Waals surface area contributed by atoms with E-state index in [1.54, 1.807) is 0 Å². The summed E-state index contributed by atoms with van der Waals surface area (Å²) in [5, 5.41) is 6.49. The fourth-order valence-corrected chi connectivity index (χ4v) is 2.84. The van der Waals surface area contributed by atoms with Crippen molar-refractivity contribution in [1.82, 2.24) is 10.6 Å². The summed E-state index contributed by atoms with van der Waals surface area (Å²) in [6, 6.07) is 10.6. The predicted octanol–water partition coefficient (Wildman–Crippen LogP) is 2.64. The summed E-state index contributed by atoms with van der Waals surface area (Å²) < 4.78 is 0. The van der Waals surface area contributed by atoms with Gasteiger partial charge in [0.25, 0.3) is 0 Å². The Bertz CT molecular complexity index is 438. The van der Waals surface area contributed by atoms with Crippen molar-refractivity contribution < 1.29 is 4.79 Å². The first-order chi connectivity index (χ1) is 9.83. The van der Waals surface area contributed by atoms with Gasteiger partial charge in [-0.05, 0) is 49.6 Å². The van der Waals surface area contributed by atoms with Crippen LogP contribution in [0.3, 0.4) is 0 Å². The van der Waals surface area contributed by atoms with Crippen LogP contribution in [0, 0.1) is 11.8 Å². The topological polar surface area (TPSA) is 41.1 Å². The number of nitrogens with one attached hydrogen (secondary N) is 2. The van der Waals surface area contributed by atoms with Crippen molar-refractivity contribution in [3.05, 3.63) is 35.9 Å². The smallest absolute Gasteiger partial charge is 0.234 e. The second-order valence-electron chi connectivity index (χ2n) is 6.22. The third-order valence-corrected chi connectivity index (χ3v) is 4.51. The Labute approximate surface area is 121 Å². The van der Waals surface area contributed by atoms with Gasteiger partial charge >= 0.3 is 0 Å². The molecule has 1 atom stereocenters. The molecule has 0 aromatic heterocycles. The van der Waals surface area contributed by atoms with Crippen LogP contribution in [0.15, 0.2) is 30.3 Å². The second kappa shape index (κ2) is 6.40. The molecular weight excluding hydrogens is 248 g/mol. The second-order valence-corrected chi connectivity index (χ2v) is 6.22. The maximum Gasteiger partial charge on any atom is 0.234 e. The molecule has 0 aliphatic heterocycles. The lowest BCUT2D eigenvalue weighted by Crippen LogP contribution is -2.41. The fraction of sp³-hybridized carbons (Fsp3) is 0.588. The Kier molecular flexibility index (Phi) is 4.36. The number of rotatable bonds is 7. The number of hydrogen-bond acceptors (Lipinski definition) is 2. The zero-order valence-electron chi connectivity index (χ0n) is 12.0. The van der Waals surface area contributed by atoms with E-state index in [0.717, 1.165) is 12.5 Å². The van der Waals surface area contributed by atoms with E-state index in [2.05, 4.69) is 34.9 Å². The van der Waals surface area contributed by atoms with E-state index in [4.69, 9.17) is 0 Å². The third kappa shape index (κ3) is 3.60. The monoisotopic (exact) mass is 272 g/mol. The van der Waals surface area contributed by atoms with Crippen LogP contribution in [0.4, 0.5) is 0 Å². The molecule has 3 heteroatoms. The van der Waals surface area contributed by atoms with E-state index in [0.29, 0.717) is 12.5 Å². The van der Waals surface area contributed by atoms with E-state index >= 15 is 0 Å². The van der Waals surface area contributed by atoms with Crippen molar-refractivity contribution in [3.63, 3.8) is 0 Å². The Morgan fingerprint density at radius 2 is 1.90 bits per heavy atom. The van der Waals surface area contributed by atoms with Gasteiger partial charge in [-0.25, -0.2) is 0 Å². The summed E-state index contributed by atoms with van der Waals surface area (Å²) in [6.45, 7) is 1.44. The minimum Gasteiger partial charge on any atom is -0.348 e. The van der Waals surface area contributed by atoms with E-state index in [-0.39, 0.29) is 11.9 Å². The van der Waals surface area contributed by atoms with Crippen LogP contribution in [0.25, 0.3) is 0 Å². The SMILES string of the molecule is O=C(CNCC1CC1)NC(c1ccccc1)C1CCC1. The number of benzene rings is 1. The highest BCUT2D eigenvalue weighted by molar-refractivity contribution is 5.78. The molecule has 2 N–H and O–H groups in total. The molecule has 0 saturated heterocycles. The van der Waals surface area contributed by atoms with Crippen molar-refractivity contribution >= 4 is 5.91 Å². The van der Waals surface area contributed by atoms with Crippen LogP contribution in [0.2, 0.25) is 0 Å². The molecule has 3 rings (SSSR count). The average Bonchev–Trinajstić information content (AvgIpc) is 3.21. The molecule has 0 spiro atoms. The largest absolute Gasteiger partial charge is 0.348 e. The van der Waals surface area contributed by atoms with Gasteiger partial charge in [-0.2, -0.15) is 0 Å². The minimum absolute atomic E-state index is 0.131. The molecule has 2 saturated carbocycles. The van der Waals surface area contributed by atoms with Crippen LogP contribution in [-0.4, -0.2) is 19.0 Å². The number of carbonyl (C=O) groups excluding carboxylic acids is 1. The molecule has 0 heterocycles. The van der Waals surface area contributed by atoms with Gasteiger partial charge in [0.1, 0.15) is 0 Å². The molecule has 2 aliphatic carbocycles. The summed E-state index contributed by atoms with van der Waals surface area (Å²) in [4.78, 5) is 12.1. The highest BCUT2D eigenvalue weighted by atomic mass is 16.2. The fourth-order valence-electron chi connectivity index (χ4n) is 2.84. The Morgan fingerprint density at radius 3 is 2.50 bits per heavy atom. The maximum absolute atomic E-state index is 12.1. The van der Waals surface area contributed by atoms with Crippen molar-refractivity contribution in [2.24, 2.45) is 11.8 Å². The van der Waals surface area contributed by atoms with E-state index in [9.17, 15) is 4.79 Å². The molecular formula is C17H24N2O. The van der Waals surface area contributed by atoms with Crippen LogP contribution >= 0.6 is 0 Å². The molecule has 1 amide bonds. The van der Waals surface area contributed by atoms with E-state index in [1.807, 2.05) is 6.07 Å². The molecule has 1 unspecified atom stereocenters. The molecule has 1 aromatic carbocycles. The molecule has 2 aliphatic rings. The first-order valence-corrected chi connectivity index (χ1v) is 7.88. The lowest BCUT2D eigenvalue weighted by atomic mass is 9.77. The Morgan fingerprint density at radius 1 is 1.15 bits per heavy atom.